The van der Waals surface area contributed by atoms with Crippen LogP contribution in [0.4, 0.5) is 0 Å². The molecule has 0 aliphatic carbocycles. The van der Waals surface area contributed by atoms with Gasteiger partial charge in [-0.05, 0) is 31.0 Å². The van der Waals surface area contributed by atoms with E-state index in [1.165, 1.54) is 33.7 Å². The molecule has 1 aromatic carbocycles. The minimum atomic E-state index is 0.631. The van der Waals surface area contributed by atoms with Gasteiger partial charge in [0.15, 0.2) is 0 Å². The van der Waals surface area contributed by atoms with Gasteiger partial charge in [-0.25, -0.2) is 0 Å². The molecular formula is C18H24N2S. The van der Waals surface area contributed by atoms with Gasteiger partial charge in [0.25, 0.3) is 0 Å². The van der Waals surface area contributed by atoms with Crippen LogP contribution in [0, 0.1) is 0 Å². The predicted octanol–water partition coefficient (Wildman–Crippen LogP) is 4.19. The average Bonchev–Trinajstić information content (AvgIpc) is 2.83. The zero-order chi connectivity index (χ0) is 14.8. The number of thioether (sulfide) groups is 1. The summed E-state index contributed by atoms with van der Waals surface area (Å²) < 4.78 is 2.49. The first kappa shape index (κ1) is 14.7. The number of aromatic nitrogens is 1. The van der Waals surface area contributed by atoms with Crippen molar-refractivity contribution in [3.05, 3.63) is 42.0 Å². The highest BCUT2D eigenvalue weighted by molar-refractivity contribution is 7.99. The number of hydrogen-bond acceptors (Lipinski definition) is 2. The molecule has 1 aliphatic rings. The van der Waals surface area contributed by atoms with Crippen LogP contribution in [0.15, 0.2) is 35.9 Å². The molecule has 0 saturated carbocycles. The summed E-state index contributed by atoms with van der Waals surface area (Å²) in [5, 5.41) is 6.30. The van der Waals surface area contributed by atoms with Crippen molar-refractivity contribution in [2.45, 2.75) is 37.3 Å². The second kappa shape index (κ2) is 6.29. The number of nitrogens with zero attached hydrogens (tertiary/aromatic N) is 1. The molecule has 0 bridgehead atoms. The molecule has 0 fully saturated rings. The third-order valence-electron chi connectivity index (χ3n) is 4.41. The Morgan fingerprint density at radius 1 is 1.48 bits per heavy atom. The van der Waals surface area contributed by atoms with Gasteiger partial charge in [-0.15, -0.1) is 18.3 Å². The number of benzene rings is 1. The number of hydrogen-bond donors (Lipinski definition) is 1. The van der Waals surface area contributed by atoms with Crippen molar-refractivity contribution in [2.24, 2.45) is 0 Å². The first-order valence-corrected chi connectivity index (χ1v) is 8.82. The lowest BCUT2D eigenvalue weighted by molar-refractivity contribution is 0.591. The second-order valence-electron chi connectivity index (χ2n) is 5.68. The fraction of sp³-hybridized carbons (Fsp3) is 0.444. The molecule has 0 spiro atoms. The quantitative estimate of drug-likeness (QED) is 0.834. The molecular weight excluding hydrogens is 276 g/mol. The van der Waals surface area contributed by atoms with E-state index >= 15 is 0 Å². The molecule has 2 heterocycles. The summed E-state index contributed by atoms with van der Waals surface area (Å²) in [4.78, 5) is 0. The van der Waals surface area contributed by atoms with E-state index in [2.05, 4.69) is 48.6 Å². The average molecular weight is 300 g/mol. The maximum absolute atomic E-state index is 3.96. The Morgan fingerprint density at radius 3 is 3.05 bits per heavy atom. The smallest absolute Gasteiger partial charge is 0.0798 e. The summed E-state index contributed by atoms with van der Waals surface area (Å²) in [5.74, 6) is 1.85. The zero-order valence-electron chi connectivity index (χ0n) is 13.0. The van der Waals surface area contributed by atoms with Gasteiger partial charge >= 0.3 is 0 Å². The molecule has 21 heavy (non-hydrogen) atoms. The Balaban J connectivity index is 2.29. The van der Waals surface area contributed by atoms with Crippen molar-refractivity contribution in [1.82, 2.24) is 9.88 Å². The molecule has 1 N–H and O–H groups in total. The van der Waals surface area contributed by atoms with E-state index in [1.807, 2.05) is 17.8 Å². The molecule has 0 saturated heterocycles. The Bertz CT molecular complexity index is 657. The molecule has 1 unspecified atom stereocenters. The molecule has 3 rings (SSSR count). The molecule has 2 aromatic rings. The van der Waals surface area contributed by atoms with E-state index in [4.69, 9.17) is 0 Å². The number of fused-ring (bicyclic) bond motifs is 3. The van der Waals surface area contributed by atoms with Crippen LogP contribution in [0.2, 0.25) is 0 Å². The van der Waals surface area contributed by atoms with Crippen LogP contribution < -0.4 is 5.32 Å². The molecule has 0 radical (unpaired) electrons. The van der Waals surface area contributed by atoms with Crippen LogP contribution in [0.3, 0.4) is 0 Å². The summed E-state index contributed by atoms with van der Waals surface area (Å²) in [7, 11) is 2.06. The van der Waals surface area contributed by atoms with Crippen molar-refractivity contribution >= 4 is 22.7 Å². The molecule has 112 valence electrons. The number of para-hydroxylation sites is 1. The van der Waals surface area contributed by atoms with E-state index in [9.17, 15) is 0 Å². The zero-order valence-corrected chi connectivity index (χ0v) is 13.8. The number of rotatable bonds is 5. The largest absolute Gasteiger partial charge is 0.331 e. The third-order valence-corrected chi connectivity index (χ3v) is 5.57. The van der Waals surface area contributed by atoms with Crippen LogP contribution >= 0.6 is 11.8 Å². The lowest BCUT2D eigenvalue weighted by atomic mass is 9.94. The van der Waals surface area contributed by atoms with Gasteiger partial charge in [0.05, 0.1) is 10.5 Å². The van der Waals surface area contributed by atoms with Crippen molar-refractivity contribution in [2.75, 3.05) is 19.3 Å². The Morgan fingerprint density at radius 2 is 2.33 bits per heavy atom. The predicted molar refractivity (Wildman–Crippen MR) is 93.5 cm³/mol. The van der Waals surface area contributed by atoms with E-state index < -0.39 is 0 Å². The molecule has 1 aliphatic heterocycles. The fourth-order valence-corrected chi connectivity index (χ4v) is 4.87. The van der Waals surface area contributed by atoms with Gasteiger partial charge in [-0.3, -0.25) is 0 Å². The van der Waals surface area contributed by atoms with Crippen molar-refractivity contribution in [3.8, 4) is 0 Å². The topological polar surface area (TPSA) is 17.0 Å². The van der Waals surface area contributed by atoms with E-state index in [1.54, 1.807) is 5.56 Å². The summed E-state index contributed by atoms with van der Waals surface area (Å²) in [6.07, 6.45) is 4.37. The second-order valence-corrected chi connectivity index (χ2v) is 6.76. The molecule has 2 nitrogen and oxygen atoms in total. The van der Waals surface area contributed by atoms with Gasteiger partial charge in [0.1, 0.15) is 0 Å². The van der Waals surface area contributed by atoms with Crippen molar-refractivity contribution < 1.29 is 0 Å². The number of allylic oxidation sites excluding steroid dienone is 1. The number of likely N-dealkylation sites (N-methyl/N-ethyl adjacent to an activating group) is 1. The molecule has 1 atom stereocenters. The third kappa shape index (κ3) is 2.43. The standard InChI is InChI=1S/C18H24N2S/c1-4-10-20-17-13(5-2)7-6-8-15(17)16-14(12-19-3)9-11-21-18(16)20/h4,6-8,14,19H,1,5,9-12H2,2-3H3. The van der Waals surface area contributed by atoms with Gasteiger partial charge in [-0.1, -0.05) is 31.2 Å². The van der Waals surface area contributed by atoms with Crippen LogP contribution in [0.1, 0.15) is 30.4 Å². The normalized spacial score (nSPS) is 17.9. The van der Waals surface area contributed by atoms with Gasteiger partial charge in [0.2, 0.25) is 0 Å². The molecule has 1 aromatic heterocycles. The van der Waals surface area contributed by atoms with Crippen LogP contribution in [-0.4, -0.2) is 23.9 Å². The van der Waals surface area contributed by atoms with E-state index in [0.717, 1.165) is 19.5 Å². The van der Waals surface area contributed by atoms with Crippen LogP contribution in [0.5, 0.6) is 0 Å². The Labute approximate surface area is 131 Å². The van der Waals surface area contributed by atoms with Crippen LogP contribution in [-0.2, 0) is 13.0 Å². The summed E-state index contributed by atoms with van der Waals surface area (Å²) in [5.41, 5.74) is 4.45. The SMILES string of the molecule is C=CCn1c2c(c3cccc(CC)c31)C(CNC)CCS2. The molecule has 0 amide bonds. The minimum Gasteiger partial charge on any atom is -0.331 e. The minimum absolute atomic E-state index is 0.631. The van der Waals surface area contributed by atoms with Crippen molar-refractivity contribution in [1.29, 1.82) is 0 Å². The number of nitrogens with one attached hydrogen (secondary N) is 1. The lowest BCUT2D eigenvalue weighted by Gasteiger charge is -2.23. The summed E-state index contributed by atoms with van der Waals surface area (Å²) in [6, 6.07) is 6.79. The highest BCUT2D eigenvalue weighted by Crippen LogP contribution is 2.44. The highest BCUT2D eigenvalue weighted by Gasteiger charge is 2.28. The van der Waals surface area contributed by atoms with Gasteiger partial charge in [0, 0.05) is 30.1 Å². The van der Waals surface area contributed by atoms with E-state index in [0.29, 0.717) is 5.92 Å². The summed E-state index contributed by atoms with van der Waals surface area (Å²) >= 11 is 2.02. The monoisotopic (exact) mass is 300 g/mol. The maximum Gasteiger partial charge on any atom is 0.0798 e. The van der Waals surface area contributed by atoms with Gasteiger partial charge < -0.3 is 9.88 Å². The lowest BCUT2D eigenvalue weighted by Crippen LogP contribution is -2.20. The molecule has 3 heteroatoms. The van der Waals surface area contributed by atoms with E-state index in [-0.39, 0.29) is 0 Å². The van der Waals surface area contributed by atoms with Crippen LogP contribution in [0.25, 0.3) is 10.9 Å². The highest BCUT2D eigenvalue weighted by atomic mass is 32.2. The summed E-state index contributed by atoms with van der Waals surface area (Å²) in [6.45, 7) is 8.18. The fourth-order valence-electron chi connectivity index (χ4n) is 3.52. The Hall–Kier alpha value is -1.19. The van der Waals surface area contributed by atoms with Gasteiger partial charge in [-0.2, -0.15) is 0 Å². The first-order valence-electron chi connectivity index (χ1n) is 7.84. The Kier molecular flexibility index (Phi) is 4.41. The number of aryl methyl sites for hydroxylation is 1. The van der Waals surface area contributed by atoms with Crippen molar-refractivity contribution in [3.63, 3.8) is 0 Å². The first-order chi connectivity index (χ1) is 10.3. The maximum atomic E-state index is 3.96.